The van der Waals surface area contributed by atoms with Crippen molar-refractivity contribution in [3.05, 3.63) is 17.8 Å². The third-order valence-corrected chi connectivity index (χ3v) is 3.47. The number of anilines is 1. The van der Waals surface area contributed by atoms with E-state index in [1.54, 1.807) is 13.3 Å². The summed E-state index contributed by atoms with van der Waals surface area (Å²) in [6.07, 6.45) is 2.64. The average molecular weight is 290 g/mol. The van der Waals surface area contributed by atoms with E-state index in [9.17, 15) is 0 Å². The van der Waals surface area contributed by atoms with Gasteiger partial charge in [-0.05, 0) is 11.6 Å². The maximum Gasteiger partial charge on any atom is 0.278 e. The van der Waals surface area contributed by atoms with E-state index in [0.29, 0.717) is 30.7 Å². The standard InChI is InChI=1S/C14H18N4O3/c1-3-10-9-15-11(8-12(10)19-2)13-16-14(17-21-13)18-4-6-20-7-5-18/h8-9H,3-7H2,1-2H3. The zero-order valence-corrected chi connectivity index (χ0v) is 12.2. The van der Waals surface area contributed by atoms with E-state index in [0.717, 1.165) is 30.8 Å². The Hall–Kier alpha value is -2.15. The van der Waals surface area contributed by atoms with Crippen molar-refractivity contribution in [3.8, 4) is 17.3 Å². The molecule has 1 fully saturated rings. The Kier molecular flexibility index (Phi) is 4.01. The molecule has 0 radical (unpaired) electrons. The molecule has 3 heterocycles. The number of aryl methyl sites for hydroxylation is 1. The lowest BCUT2D eigenvalue weighted by molar-refractivity contribution is 0.121. The minimum atomic E-state index is 0.400. The molecule has 1 saturated heterocycles. The smallest absolute Gasteiger partial charge is 0.278 e. The highest BCUT2D eigenvalue weighted by molar-refractivity contribution is 5.53. The van der Waals surface area contributed by atoms with Crippen LogP contribution in [0.4, 0.5) is 5.95 Å². The molecule has 2 aromatic rings. The zero-order chi connectivity index (χ0) is 14.7. The molecule has 0 unspecified atom stereocenters. The van der Waals surface area contributed by atoms with E-state index in [1.165, 1.54) is 0 Å². The molecule has 3 rings (SSSR count). The summed E-state index contributed by atoms with van der Waals surface area (Å²) in [5.41, 5.74) is 1.67. The van der Waals surface area contributed by atoms with Crippen LogP contribution >= 0.6 is 0 Å². The lowest BCUT2D eigenvalue weighted by Crippen LogP contribution is -2.36. The molecule has 0 bridgehead atoms. The minimum Gasteiger partial charge on any atom is -0.496 e. The maximum absolute atomic E-state index is 5.36. The fourth-order valence-electron chi connectivity index (χ4n) is 2.25. The van der Waals surface area contributed by atoms with E-state index >= 15 is 0 Å². The Morgan fingerprint density at radius 2 is 2.14 bits per heavy atom. The van der Waals surface area contributed by atoms with Crippen LogP contribution in [0.2, 0.25) is 0 Å². The van der Waals surface area contributed by atoms with Gasteiger partial charge in [-0.3, -0.25) is 4.98 Å². The fraction of sp³-hybridized carbons (Fsp3) is 0.500. The Morgan fingerprint density at radius 3 is 2.86 bits per heavy atom. The van der Waals surface area contributed by atoms with Crippen molar-refractivity contribution in [1.29, 1.82) is 0 Å². The number of pyridine rings is 1. The van der Waals surface area contributed by atoms with E-state index in [-0.39, 0.29) is 0 Å². The summed E-state index contributed by atoms with van der Waals surface area (Å²) in [4.78, 5) is 10.8. The minimum absolute atomic E-state index is 0.400. The second-order valence-corrected chi connectivity index (χ2v) is 4.73. The third-order valence-electron chi connectivity index (χ3n) is 3.47. The van der Waals surface area contributed by atoms with Crippen molar-refractivity contribution in [3.63, 3.8) is 0 Å². The largest absolute Gasteiger partial charge is 0.496 e. The van der Waals surface area contributed by atoms with Gasteiger partial charge in [-0.25, -0.2) is 0 Å². The monoisotopic (exact) mass is 290 g/mol. The van der Waals surface area contributed by atoms with Crippen LogP contribution in [0, 0.1) is 0 Å². The van der Waals surface area contributed by atoms with Crippen molar-refractivity contribution in [2.45, 2.75) is 13.3 Å². The van der Waals surface area contributed by atoms with Crippen LogP contribution in [0.5, 0.6) is 5.75 Å². The summed E-state index contributed by atoms with van der Waals surface area (Å²) in [6.45, 7) is 4.96. The highest BCUT2D eigenvalue weighted by Crippen LogP contribution is 2.25. The third kappa shape index (κ3) is 2.82. The number of rotatable bonds is 4. The van der Waals surface area contributed by atoms with E-state index in [2.05, 4.69) is 22.0 Å². The molecule has 0 N–H and O–H groups in total. The van der Waals surface area contributed by atoms with Gasteiger partial charge in [0, 0.05) is 30.9 Å². The van der Waals surface area contributed by atoms with Crippen LogP contribution in [0.3, 0.4) is 0 Å². The van der Waals surface area contributed by atoms with Crippen LogP contribution in [-0.2, 0) is 11.2 Å². The van der Waals surface area contributed by atoms with Gasteiger partial charge in [0.05, 0.1) is 20.3 Å². The molecule has 21 heavy (non-hydrogen) atoms. The molecular weight excluding hydrogens is 272 g/mol. The number of hydrogen-bond donors (Lipinski definition) is 0. The van der Waals surface area contributed by atoms with Gasteiger partial charge in [0.15, 0.2) is 0 Å². The molecule has 112 valence electrons. The van der Waals surface area contributed by atoms with Crippen molar-refractivity contribution in [2.75, 3.05) is 38.3 Å². The van der Waals surface area contributed by atoms with Crippen molar-refractivity contribution in [1.82, 2.24) is 15.1 Å². The first-order chi connectivity index (χ1) is 10.3. The molecule has 0 atom stereocenters. The van der Waals surface area contributed by atoms with Gasteiger partial charge >= 0.3 is 0 Å². The SMILES string of the molecule is CCc1cnc(-c2nc(N3CCOCC3)no2)cc1OC. The summed E-state index contributed by atoms with van der Waals surface area (Å²) in [5, 5.41) is 4.02. The normalized spacial score (nSPS) is 15.2. The number of methoxy groups -OCH3 is 1. The highest BCUT2D eigenvalue weighted by Gasteiger charge is 2.19. The van der Waals surface area contributed by atoms with E-state index in [4.69, 9.17) is 14.0 Å². The summed E-state index contributed by atoms with van der Waals surface area (Å²) < 4.78 is 16.0. The Labute approximate surface area is 122 Å². The van der Waals surface area contributed by atoms with Gasteiger partial charge in [0.1, 0.15) is 11.4 Å². The van der Waals surface area contributed by atoms with Crippen LogP contribution in [0.25, 0.3) is 11.6 Å². The van der Waals surface area contributed by atoms with Crippen molar-refractivity contribution >= 4 is 5.95 Å². The average Bonchev–Trinajstić information content (AvgIpc) is 3.05. The quantitative estimate of drug-likeness (QED) is 0.845. The zero-order valence-electron chi connectivity index (χ0n) is 12.2. The predicted octanol–water partition coefficient (Wildman–Crippen LogP) is 1.54. The lowest BCUT2D eigenvalue weighted by atomic mass is 10.2. The molecule has 0 saturated carbocycles. The van der Waals surface area contributed by atoms with Crippen LogP contribution in [0.1, 0.15) is 12.5 Å². The Morgan fingerprint density at radius 1 is 1.33 bits per heavy atom. The maximum atomic E-state index is 5.36. The van der Waals surface area contributed by atoms with E-state index in [1.807, 2.05) is 11.0 Å². The van der Waals surface area contributed by atoms with Gasteiger partial charge in [-0.15, -0.1) is 0 Å². The number of hydrogen-bond acceptors (Lipinski definition) is 7. The summed E-state index contributed by atoms with van der Waals surface area (Å²) >= 11 is 0. The first-order valence-corrected chi connectivity index (χ1v) is 7.01. The number of nitrogens with zero attached hydrogens (tertiary/aromatic N) is 4. The molecule has 0 aliphatic carbocycles. The predicted molar refractivity (Wildman–Crippen MR) is 76.5 cm³/mol. The molecule has 2 aromatic heterocycles. The Balaban J connectivity index is 1.85. The van der Waals surface area contributed by atoms with Crippen LogP contribution in [0.15, 0.2) is 16.8 Å². The van der Waals surface area contributed by atoms with Crippen LogP contribution < -0.4 is 9.64 Å². The molecule has 7 nitrogen and oxygen atoms in total. The fourth-order valence-corrected chi connectivity index (χ4v) is 2.25. The molecular formula is C14H18N4O3. The molecule has 0 aromatic carbocycles. The summed E-state index contributed by atoms with van der Waals surface area (Å²) in [7, 11) is 1.64. The van der Waals surface area contributed by atoms with Crippen molar-refractivity contribution in [2.24, 2.45) is 0 Å². The number of ether oxygens (including phenoxy) is 2. The van der Waals surface area contributed by atoms with Gasteiger partial charge in [0.25, 0.3) is 11.8 Å². The molecule has 1 aliphatic rings. The topological polar surface area (TPSA) is 73.5 Å². The molecule has 1 aliphatic heterocycles. The summed E-state index contributed by atoms with van der Waals surface area (Å²) in [6, 6.07) is 1.83. The molecule has 0 spiro atoms. The lowest BCUT2D eigenvalue weighted by Gasteiger charge is -2.24. The molecule has 0 amide bonds. The number of morpholine rings is 1. The van der Waals surface area contributed by atoms with E-state index < -0.39 is 0 Å². The highest BCUT2D eigenvalue weighted by atomic mass is 16.5. The second-order valence-electron chi connectivity index (χ2n) is 4.73. The first kappa shape index (κ1) is 13.8. The van der Waals surface area contributed by atoms with Gasteiger partial charge < -0.3 is 18.9 Å². The second kappa shape index (κ2) is 6.09. The van der Waals surface area contributed by atoms with Gasteiger partial charge in [-0.1, -0.05) is 6.92 Å². The summed E-state index contributed by atoms with van der Waals surface area (Å²) in [5.74, 6) is 1.76. The van der Waals surface area contributed by atoms with Gasteiger partial charge in [-0.2, -0.15) is 4.98 Å². The van der Waals surface area contributed by atoms with Crippen LogP contribution in [-0.4, -0.2) is 48.5 Å². The Bertz CT molecular complexity index is 608. The number of aromatic nitrogens is 3. The molecule has 7 heteroatoms. The first-order valence-electron chi connectivity index (χ1n) is 7.01. The van der Waals surface area contributed by atoms with Crippen molar-refractivity contribution < 1.29 is 14.0 Å². The van der Waals surface area contributed by atoms with Gasteiger partial charge in [0.2, 0.25) is 0 Å².